The third-order valence-corrected chi connectivity index (χ3v) is 5.40. The van der Waals surface area contributed by atoms with E-state index >= 15 is 0 Å². The van der Waals surface area contributed by atoms with Crippen LogP contribution in [0.2, 0.25) is 0 Å². The van der Waals surface area contributed by atoms with Crippen molar-refractivity contribution in [2.75, 3.05) is 13.1 Å². The SMILES string of the molecule is Cc1ccc([C@H]2CCCN(C(=O)NCc3ccc(C(F)(F)F)cc3)C2)cc1C(=O)O. The van der Waals surface area contributed by atoms with E-state index in [0.29, 0.717) is 24.2 Å². The van der Waals surface area contributed by atoms with Crippen molar-refractivity contribution >= 4 is 12.0 Å². The third-order valence-electron chi connectivity index (χ3n) is 5.40. The maximum absolute atomic E-state index is 12.6. The van der Waals surface area contributed by atoms with E-state index in [4.69, 9.17) is 0 Å². The smallest absolute Gasteiger partial charge is 0.416 e. The molecule has 160 valence electrons. The molecule has 0 spiro atoms. The highest BCUT2D eigenvalue weighted by atomic mass is 19.4. The minimum atomic E-state index is -4.39. The summed E-state index contributed by atoms with van der Waals surface area (Å²) < 4.78 is 37.9. The highest BCUT2D eigenvalue weighted by molar-refractivity contribution is 5.89. The predicted molar refractivity (Wildman–Crippen MR) is 105 cm³/mol. The summed E-state index contributed by atoms with van der Waals surface area (Å²) in [6, 6.07) is 9.75. The number of hydrogen-bond acceptors (Lipinski definition) is 2. The van der Waals surface area contributed by atoms with Crippen LogP contribution in [0.5, 0.6) is 0 Å². The number of rotatable bonds is 4. The molecule has 0 radical (unpaired) electrons. The van der Waals surface area contributed by atoms with Gasteiger partial charge in [-0.05, 0) is 54.7 Å². The average Bonchev–Trinajstić information content (AvgIpc) is 2.72. The maximum Gasteiger partial charge on any atom is 0.416 e. The molecule has 1 saturated heterocycles. The Bertz CT molecular complexity index is 926. The Labute approximate surface area is 172 Å². The van der Waals surface area contributed by atoms with Gasteiger partial charge in [0, 0.05) is 25.6 Å². The Morgan fingerprint density at radius 2 is 1.87 bits per heavy atom. The Morgan fingerprint density at radius 3 is 2.50 bits per heavy atom. The Morgan fingerprint density at radius 1 is 1.17 bits per heavy atom. The van der Waals surface area contributed by atoms with Gasteiger partial charge in [0.2, 0.25) is 0 Å². The molecule has 3 rings (SSSR count). The summed E-state index contributed by atoms with van der Waals surface area (Å²) in [7, 11) is 0. The number of aromatic carboxylic acids is 1. The largest absolute Gasteiger partial charge is 0.478 e. The van der Waals surface area contributed by atoms with Gasteiger partial charge in [-0.25, -0.2) is 9.59 Å². The zero-order valence-corrected chi connectivity index (χ0v) is 16.5. The van der Waals surface area contributed by atoms with Crippen molar-refractivity contribution in [3.05, 3.63) is 70.3 Å². The van der Waals surface area contributed by atoms with Gasteiger partial charge in [-0.15, -0.1) is 0 Å². The minimum Gasteiger partial charge on any atom is -0.478 e. The molecular weight excluding hydrogens is 397 g/mol. The van der Waals surface area contributed by atoms with Gasteiger partial charge in [-0.3, -0.25) is 0 Å². The minimum absolute atomic E-state index is 0.0364. The van der Waals surface area contributed by atoms with Crippen molar-refractivity contribution in [3.63, 3.8) is 0 Å². The number of amides is 2. The lowest BCUT2D eigenvalue weighted by molar-refractivity contribution is -0.137. The molecule has 0 aliphatic carbocycles. The molecule has 2 N–H and O–H groups in total. The van der Waals surface area contributed by atoms with E-state index in [1.165, 1.54) is 12.1 Å². The van der Waals surface area contributed by atoms with Crippen LogP contribution < -0.4 is 5.32 Å². The zero-order chi connectivity index (χ0) is 21.9. The number of halogens is 3. The van der Waals surface area contributed by atoms with Gasteiger partial charge in [0.15, 0.2) is 0 Å². The first-order chi connectivity index (χ1) is 14.1. The molecule has 0 aromatic heterocycles. The van der Waals surface area contributed by atoms with E-state index in [0.717, 1.165) is 30.5 Å². The molecule has 1 heterocycles. The first kappa shape index (κ1) is 21.7. The Balaban J connectivity index is 1.61. The number of hydrogen-bond donors (Lipinski definition) is 2. The third kappa shape index (κ3) is 5.11. The molecule has 1 atom stereocenters. The van der Waals surface area contributed by atoms with Crippen LogP contribution >= 0.6 is 0 Å². The molecule has 2 aromatic rings. The van der Waals surface area contributed by atoms with E-state index < -0.39 is 17.7 Å². The van der Waals surface area contributed by atoms with Crippen LogP contribution in [0.4, 0.5) is 18.0 Å². The lowest BCUT2D eigenvalue weighted by atomic mass is 9.89. The van der Waals surface area contributed by atoms with Gasteiger partial charge < -0.3 is 15.3 Å². The summed E-state index contributed by atoms with van der Waals surface area (Å²) in [5.74, 6) is -0.939. The maximum atomic E-state index is 12.6. The van der Waals surface area contributed by atoms with Gasteiger partial charge in [0.05, 0.1) is 11.1 Å². The molecule has 1 aliphatic rings. The van der Waals surface area contributed by atoms with Crippen LogP contribution in [-0.2, 0) is 12.7 Å². The molecule has 2 amide bonds. The first-order valence-electron chi connectivity index (χ1n) is 9.68. The van der Waals surface area contributed by atoms with Gasteiger partial charge in [0.25, 0.3) is 0 Å². The summed E-state index contributed by atoms with van der Waals surface area (Å²) in [4.78, 5) is 25.6. The standard InChI is InChI=1S/C22H23F3N2O3/c1-14-4-7-16(11-19(14)20(28)29)17-3-2-10-27(13-17)21(30)26-12-15-5-8-18(9-6-15)22(23,24)25/h4-9,11,17H,2-3,10,12-13H2,1H3,(H,26,30)(H,28,29)/t17-/m0/s1. The summed E-state index contributed by atoms with van der Waals surface area (Å²) in [5.41, 5.74) is 1.69. The number of carboxylic acid groups (broad SMARTS) is 1. The Hall–Kier alpha value is -3.03. The second-order valence-electron chi connectivity index (χ2n) is 7.52. The van der Waals surface area contributed by atoms with Crippen LogP contribution in [0, 0.1) is 6.92 Å². The quantitative estimate of drug-likeness (QED) is 0.747. The molecular formula is C22H23F3N2O3. The summed E-state index contributed by atoms with van der Waals surface area (Å²) in [5, 5.41) is 12.1. The lowest BCUT2D eigenvalue weighted by Gasteiger charge is -2.33. The van der Waals surface area contributed by atoms with Crippen molar-refractivity contribution in [3.8, 4) is 0 Å². The topological polar surface area (TPSA) is 69.6 Å². The summed E-state index contributed by atoms with van der Waals surface area (Å²) in [6.45, 7) is 2.91. The predicted octanol–water partition coefficient (Wildman–Crippen LogP) is 4.80. The fourth-order valence-electron chi connectivity index (χ4n) is 3.66. The fourth-order valence-corrected chi connectivity index (χ4v) is 3.66. The number of nitrogens with zero attached hydrogens (tertiary/aromatic N) is 1. The number of likely N-dealkylation sites (tertiary alicyclic amines) is 1. The number of carboxylic acids is 1. The normalized spacial score (nSPS) is 16.9. The van der Waals surface area contributed by atoms with Crippen molar-refractivity contribution in [1.29, 1.82) is 0 Å². The second-order valence-corrected chi connectivity index (χ2v) is 7.52. The number of alkyl halides is 3. The van der Waals surface area contributed by atoms with Gasteiger partial charge >= 0.3 is 18.2 Å². The molecule has 0 unspecified atom stereocenters. The number of carbonyl (C=O) groups excluding carboxylic acids is 1. The first-order valence-corrected chi connectivity index (χ1v) is 9.68. The van der Waals surface area contributed by atoms with Crippen LogP contribution in [-0.4, -0.2) is 35.1 Å². The fraction of sp³-hybridized carbons (Fsp3) is 0.364. The molecule has 0 saturated carbocycles. The van der Waals surface area contributed by atoms with Crippen LogP contribution in [0.25, 0.3) is 0 Å². The number of urea groups is 1. The highest BCUT2D eigenvalue weighted by Gasteiger charge is 2.30. The van der Waals surface area contributed by atoms with E-state index in [1.807, 2.05) is 6.07 Å². The summed E-state index contributed by atoms with van der Waals surface area (Å²) >= 11 is 0. The number of piperidine rings is 1. The van der Waals surface area contributed by atoms with Gasteiger partial charge in [-0.2, -0.15) is 13.2 Å². The zero-order valence-electron chi connectivity index (χ0n) is 16.5. The average molecular weight is 420 g/mol. The van der Waals surface area contributed by atoms with E-state index in [1.54, 1.807) is 24.0 Å². The molecule has 5 nitrogen and oxygen atoms in total. The van der Waals surface area contributed by atoms with E-state index in [9.17, 15) is 27.9 Å². The molecule has 1 aliphatic heterocycles. The molecule has 8 heteroatoms. The van der Waals surface area contributed by atoms with Gasteiger partial charge in [0.1, 0.15) is 0 Å². The monoisotopic (exact) mass is 420 g/mol. The van der Waals surface area contributed by atoms with Crippen molar-refractivity contribution in [2.45, 2.75) is 38.4 Å². The van der Waals surface area contributed by atoms with Crippen molar-refractivity contribution in [1.82, 2.24) is 10.2 Å². The van der Waals surface area contributed by atoms with Crippen LogP contribution in [0.1, 0.15) is 51.4 Å². The van der Waals surface area contributed by atoms with Gasteiger partial charge in [-0.1, -0.05) is 24.3 Å². The van der Waals surface area contributed by atoms with E-state index in [2.05, 4.69) is 5.32 Å². The molecule has 30 heavy (non-hydrogen) atoms. The number of carbonyl (C=O) groups is 2. The number of benzene rings is 2. The molecule has 2 aromatic carbocycles. The molecule has 1 fully saturated rings. The number of nitrogens with one attached hydrogen (secondary N) is 1. The summed E-state index contributed by atoms with van der Waals surface area (Å²) in [6.07, 6.45) is -2.75. The number of aryl methyl sites for hydroxylation is 1. The second kappa shape index (κ2) is 8.77. The lowest BCUT2D eigenvalue weighted by Crippen LogP contribution is -2.44. The molecule has 0 bridgehead atoms. The Kier molecular flexibility index (Phi) is 6.34. The van der Waals surface area contributed by atoms with Crippen LogP contribution in [0.15, 0.2) is 42.5 Å². The van der Waals surface area contributed by atoms with Crippen molar-refractivity contribution < 1.29 is 27.9 Å². The van der Waals surface area contributed by atoms with Crippen LogP contribution in [0.3, 0.4) is 0 Å². The van der Waals surface area contributed by atoms with Crippen molar-refractivity contribution in [2.24, 2.45) is 0 Å². The highest BCUT2D eigenvalue weighted by Crippen LogP contribution is 2.30. The van der Waals surface area contributed by atoms with E-state index in [-0.39, 0.29) is 24.1 Å².